The van der Waals surface area contributed by atoms with Crippen molar-refractivity contribution in [1.82, 2.24) is 5.32 Å². The van der Waals surface area contributed by atoms with Gasteiger partial charge in [-0.3, -0.25) is 5.32 Å². The fourth-order valence-electron chi connectivity index (χ4n) is 1.84. The molecule has 0 bridgehead atoms. The Morgan fingerprint density at radius 3 is 2.21 bits per heavy atom. The number of alkyl carbamates (subject to hydrolysis) is 1. The van der Waals surface area contributed by atoms with Crippen LogP contribution < -0.4 is 5.32 Å². The summed E-state index contributed by atoms with van der Waals surface area (Å²) in [6.45, 7) is 4.61. The van der Waals surface area contributed by atoms with E-state index in [-0.39, 0.29) is 5.56 Å². The van der Waals surface area contributed by atoms with E-state index in [9.17, 15) is 29.0 Å². The molecule has 24 heavy (non-hydrogen) atoms. The van der Waals surface area contributed by atoms with Gasteiger partial charge < -0.3 is 14.9 Å². The Balaban J connectivity index is 3.25. The quantitative estimate of drug-likeness (QED) is 0.467. The van der Waals surface area contributed by atoms with Gasteiger partial charge in [0.1, 0.15) is 11.4 Å². The second-order valence-corrected chi connectivity index (χ2v) is 7.30. The molecule has 0 saturated heterocycles. The van der Waals surface area contributed by atoms with E-state index < -0.39 is 41.4 Å². The van der Waals surface area contributed by atoms with E-state index in [0.717, 1.165) is 6.07 Å². The highest BCUT2D eigenvalue weighted by molar-refractivity contribution is 14.1. The van der Waals surface area contributed by atoms with Crippen LogP contribution in [0.4, 0.5) is 9.18 Å². The van der Waals surface area contributed by atoms with Gasteiger partial charge in [0.25, 0.3) is 0 Å². The van der Waals surface area contributed by atoms with Gasteiger partial charge in [0, 0.05) is 9.99 Å². The van der Waals surface area contributed by atoms with Crippen molar-refractivity contribution < 1.29 is 33.7 Å². The first kappa shape index (κ1) is 20.1. The van der Waals surface area contributed by atoms with Gasteiger partial charge in [0.05, 0.1) is 0 Å². The van der Waals surface area contributed by atoms with Crippen molar-refractivity contribution in [3.05, 3.63) is 33.1 Å². The second kappa shape index (κ2) is 7.32. The molecule has 3 N–H and O–H groups in total. The number of carboxylic acids is 2. The summed E-state index contributed by atoms with van der Waals surface area (Å²) in [4.78, 5) is 35.0. The maximum Gasteiger partial charge on any atom is 0.409 e. The number of carbonyl (C=O) groups is 3. The van der Waals surface area contributed by atoms with Crippen LogP contribution in [0.3, 0.4) is 0 Å². The smallest absolute Gasteiger partial charge is 0.409 e. The Bertz CT molecular complexity index is 656. The van der Waals surface area contributed by atoms with Gasteiger partial charge in [-0.25, -0.2) is 18.8 Å². The number of ether oxygens (including phenoxy) is 1. The van der Waals surface area contributed by atoms with Crippen molar-refractivity contribution >= 4 is 40.6 Å². The molecule has 1 aromatic rings. The van der Waals surface area contributed by atoms with Gasteiger partial charge in [-0.2, -0.15) is 0 Å². The maximum absolute atomic E-state index is 13.9. The fourth-order valence-corrected chi connectivity index (χ4v) is 2.39. The number of carbonyl (C=O) groups excluding carboxylic acids is 1. The maximum atomic E-state index is 13.9. The highest BCUT2D eigenvalue weighted by atomic mass is 127. The molecule has 0 atom stereocenters. The standard InChI is InChI=1S/C15H17FINO6/c1-14(2,3)24-13(23)18-15(11(19)20,12(21)22)7-8-6-9(17)4-5-10(8)16/h4-6H,7H2,1-3H3,(H,18,23)(H,19,20)(H,21,22). The molecular formula is C15H17FINO6. The van der Waals surface area contributed by atoms with Gasteiger partial charge in [-0.1, -0.05) is 0 Å². The van der Waals surface area contributed by atoms with E-state index in [0.29, 0.717) is 3.57 Å². The minimum Gasteiger partial charge on any atom is -0.479 e. The number of carboxylic acid groups (broad SMARTS) is 2. The molecule has 0 unspecified atom stereocenters. The molecule has 0 aromatic heterocycles. The normalized spacial score (nSPS) is 11.7. The van der Waals surface area contributed by atoms with E-state index >= 15 is 0 Å². The molecule has 0 aliphatic rings. The van der Waals surface area contributed by atoms with Crippen molar-refractivity contribution in [2.75, 3.05) is 0 Å². The summed E-state index contributed by atoms with van der Waals surface area (Å²) in [6, 6.07) is 3.86. The molecule has 9 heteroatoms. The van der Waals surface area contributed by atoms with Gasteiger partial charge in [0.15, 0.2) is 0 Å². The fraction of sp³-hybridized carbons (Fsp3) is 0.400. The molecule has 0 aliphatic carbocycles. The lowest BCUT2D eigenvalue weighted by Crippen LogP contribution is -2.62. The van der Waals surface area contributed by atoms with Crippen molar-refractivity contribution in [2.24, 2.45) is 0 Å². The highest BCUT2D eigenvalue weighted by Crippen LogP contribution is 2.21. The minimum atomic E-state index is -2.76. The Hall–Kier alpha value is -1.91. The largest absolute Gasteiger partial charge is 0.479 e. The molecule has 1 rings (SSSR count). The van der Waals surface area contributed by atoms with Gasteiger partial charge >= 0.3 is 18.0 Å². The third-order valence-electron chi connectivity index (χ3n) is 2.91. The van der Waals surface area contributed by atoms with Crippen molar-refractivity contribution in [3.63, 3.8) is 0 Å². The first-order valence-corrected chi connectivity index (χ1v) is 7.87. The molecule has 0 saturated carbocycles. The summed E-state index contributed by atoms with van der Waals surface area (Å²) < 4.78 is 19.4. The first-order valence-electron chi connectivity index (χ1n) is 6.79. The average molecular weight is 453 g/mol. The lowest BCUT2D eigenvalue weighted by molar-refractivity contribution is -0.159. The van der Waals surface area contributed by atoms with E-state index in [2.05, 4.69) is 0 Å². The van der Waals surface area contributed by atoms with Crippen LogP contribution in [-0.4, -0.2) is 39.4 Å². The van der Waals surface area contributed by atoms with Crippen LogP contribution in [0.2, 0.25) is 0 Å². The highest BCUT2D eigenvalue weighted by Gasteiger charge is 2.49. The Labute approximate surface area is 151 Å². The van der Waals surface area contributed by atoms with Crippen LogP contribution in [0.15, 0.2) is 18.2 Å². The molecule has 0 fully saturated rings. The van der Waals surface area contributed by atoms with Crippen LogP contribution >= 0.6 is 22.6 Å². The minimum absolute atomic E-state index is 0.150. The van der Waals surface area contributed by atoms with Gasteiger partial charge in [0.2, 0.25) is 5.54 Å². The lowest BCUT2D eigenvalue weighted by Gasteiger charge is -2.28. The Morgan fingerprint density at radius 1 is 1.21 bits per heavy atom. The van der Waals surface area contributed by atoms with Crippen molar-refractivity contribution in [3.8, 4) is 0 Å². The van der Waals surface area contributed by atoms with E-state index in [1.807, 2.05) is 27.9 Å². The third kappa shape index (κ3) is 5.05. The first-order chi connectivity index (χ1) is 10.9. The van der Waals surface area contributed by atoms with Gasteiger partial charge in [-0.15, -0.1) is 0 Å². The van der Waals surface area contributed by atoms with Gasteiger partial charge in [-0.05, 0) is 67.1 Å². The molecule has 0 spiro atoms. The molecule has 0 aliphatic heterocycles. The monoisotopic (exact) mass is 453 g/mol. The van der Waals surface area contributed by atoms with Crippen LogP contribution in [0, 0.1) is 9.39 Å². The van der Waals surface area contributed by atoms with Crippen molar-refractivity contribution in [1.29, 1.82) is 0 Å². The summed E-state index contributed by atoms with van der Waals surface area (Å²) in [5.41, 5.74) is -3.86. The summed E-state index contributed by atoms with van der Waals surface area (Å²) in [6.07, 6.45) is -2.00. The predicted octanol–water partition coefficient (Wildman–Crippen LogP) is 2.41. The van der Waals surface area contributed by atoms with Crippen LogP contribution in [0.25, 0.3) is 0 Å². The Morgan fingerprint density at radius 2 is 1.75 bits per heavy atom. The number of hydrogen-bond acceptors (Lipinski definition) is 4. The summed E-state index contributed by atoms with van der Waals surface area (Å²) >= 11 is 1.88. The number of rotatable bonds is 5. The molecule has 1 amide bonds. The van der Waals surface area contributed by atoms with Crippen LogP contribution in [-0.2, 0) is 20.7 Å². The average Bonchev–Trinajstić information content (AvgIpc) is 2.39. The number of halogens is 2. The van der Waals surface area contributed by atoms with E-state index in [4.69, 9.17) is 4.74 Å². The zero-order chi connectivity index (χ0) is 18.7. The SMILES string of the molecule is CC(C)(C)OC(=O)NC(Cc1cc(I)ccc1F)(C(=O)O)C(=O)O. The third-order valence-corrected chi connectivity index (χ3v) is 3.58. The number of amides is 1. The second-order valence-electron chi connectivity index (χ2n) is 6.06. The predicted molar refractivity (Wildman–Crippen MR) is 90.2 cm³/mol. The van der Waals surface area contributed by atoms with E-state index in [1.165, 1.54) is 32.9 Å². The molecule has 0 heterocycles. The summed E-state index contributed by atoms with van der Waals surface area (Å²) in [5, 5.41) is 20.6. The summed E-state index contributed by atoms with van der Waals surface area (Å²) in [5.74, 6) is -4.44. The van der Waals surface area contributed by atoms with E-state index in [1.54, 1.807) is 0 Å². The zero-order valence-electron chi connectivity index (χ0n) is 13.2. The van der Waals surface area contributed by atoms with Crippen LogP contribution in [0.5, 0.6) is 0 Å². The number of hydrogen-bond donors (Lipinski definition) is 3. The number of aliphatic carboxylic acids is 2. The zero-order valence-corrected chi connectivity index (χ0v) is 15.4. The number of nitrogens with one attached hydrogen (secondary N) is 1. The van der Waals surface area contributed by atoms with Crippen LogP contribution in [0.1, 0.15) is 26.3 Å². The molecule has 132 valence electrons. The lowest BCUT2D eigenvalue weighted by atomic mass is 9.90. The molecular weight excluding hydrogens is 436 g/mol. The molecule has 0 radical (unpaired) electrons. The summed E-state index contributed by atoms with van der Waals surface area (Å²) in [7, 11) is 0. The topological polar surface area (TPSA) is 113 Å². The van der Waals surface area contributed by atoms with Crippen molar-refractivity contribution in [2.45, 2.75) is 38.3 Å². The Kier molecular flexibility index (Phi) is 6.15. The number of benzene rings is 1. The molecule has 7 nitrogen and oxygen atoms in total. The molecule has 1 aromatic carbocycles.